The van der Waals surface area contributed by atoms with Crippen molar-refractivity contribution in [2.75, 3.05) is 6.61 Å². The molecule has 0 bridgehead atoms. The quantitative estimate of drug-likeness (QED) is 0.840. The van der Waals surface area contributed by atoms with Gasteiger partial charge >= 0.3 is 5.97 Å². The Morgan fingerprint density at radius 2 is 2.00 bits per heavy atom. The fourth-order valence-electron chi connectivity index (χ4n) is 3.19. The highest BCUT2D eigenvalue weighted by molar-refractivity contribution is 5.81. The highest BCUT2D eigenvalue weighted by atomic mass is 16.5. The van der Waals surface area contributed by atoms with Gasteiger partial charge in [-0.05, 0) is 32.6 Å². The molecule has 2 atom stereocenters. The normalized spacial score (nSPS) is 21.0. The van der Waals surface area contributed by atoms with Crippen molar-refractivity contribution >= 4 is 11.9 Å². The number of esters is 1. The van der Waals surface area contributed by atoms with Gasteiger partial charge in [0.25, 0.3) is 5.91 Å². The number of amides is 1. The van der Waals surface area contributed by atoms with Gasteiger partial charge in [0, 0.05) is 24.3 Å². The summed E-state index contributed by atoms with van der Waals surface area (Å²) >= 11 is 0. The van der Waals surface area contributed by atoms with Crippen LogP contribution in [0.5, 0.6) is 0 Å². The van der Waals surface area contributed by atoms with Crippen LogP contribution in [0.25, 0.3) is 0 Å². The third kappa shape index (κ3) is 4.56. The van der Waals surface area contributed by atoms with Crippen molar-refractivity contribution in [3.63, 3.8) is 0 Å². The zero-order valence-corrected chi connectivity index (χ0v) is 14.5. The van der Waals surface area contributed by atoms with Gasteiger partial charge in [-0.1, -0.05) is 19.8 Å². The third-order valence-electron chi connectivity index (χ3n) is 4.80. The predicted octanol–water partition coefficient (Wildman–Crippen LogP) is 1.82. The average molecular weight is 321 g/mol. The number of aryl methyl sites for hydroxylation is 2. The van der Waals surface area contributed by atoms with Gasteiger partial charge < -0.3 is 10.1 Å². The summed E-state index contributed by atoms with van der Waals surface area (Å²) in [6.07, 6.45) is 4.68. The molecular weight excluding hydrogens is 294 g/mol. The zero-order chi connectivity index (χ0) is 17.0. The minimum absolute atomic E-state index is 0.151. The molecule has 2 rings (SSSR count). The van der Waals surface area contributed by atoms with Crippen LogP contribution in [0.2, 0.25) is 0 Å². The number of nitrogens with zero attached hydrogens (tertiary/aromatic N) is 2. The van der Waals surface area contributed by atoms with Crippen molar-refractivity contribution in [1.82, 2.24) is 15.1 Å². The molecule has 6 nitrogen and oxygen atoms in total. The second-order valence-corrected chi connectivity index (χ2v) is 6.55. The van der Waals surface area contributed by atoms with Gasteiger partial charge in [0.1, 0.15) is 0 Å². The summed E-state index contributed by atoms with van der Waals surface area (Å²) in [7, 11) is 1.84. The maximum atomic E-state index is 11.9. The van der Waals surface area contributed by atoms with Gasteiger partial charge in [0.05, 0.1) is 12.1 Å². The van der Waals surface area contributed by atoms with Crippen LogP contribution in [-0.4, -0.2) is 34.3 Å². The number of hydrogen-bond acceptors (Lipinski definition) is 4. The van der Waals surface area contributed by atoms with E-state index in [1.54, 1.807) is 4.68 Å². The van der Waals surface area contributed by atoms with E-state index in [0.717, 1.165) is 36.2 Å². The topological polar surface area (TPSA) is 73.2 Å². The molecule has 0 aromatic carbocycles. The summed E-state index contributed by atoms with van der Waals surface area (Å²) in [4.78, 5) is 23.9. The van der Waals surface area contributed by atoms with Crippen molar-refractivity contribution in [2.45, 2.75) is 58.9 Å². The number of carbonyl (C=O) groups is 2. The maximum absolute atomic E-state index is 11.9. The van der Waals surface area contributed by atoms with Crippen LogP contribution in [0.3, 0.4) is 0 Å². The highest BCUT2D eigenvalue weighted by Crippen LogP contribution is 2.23. The van der Waals surface area contributed by atoms with Gasteiger partial charge in [-0.3, -0.25) is 14.3 Å². The first-order valence-electron chi connectivity index (χ1n) is 8.32. The summed E-state index contributed by atoms with van der Waals surface area (Å²) in [6, 6.07) is 0.206. The minimum atomic E-state index is -0.393. The lowest BCUT2D eigenvalue weighted by Crippen LogP contribution is -2.43. The molecule has 128 valence electrons. The molecule has 0 radical (unpaired) electrons. The molecule has 1 aliphatic carbocycles. The highest BCUT2D eigenvalue weighted by Gasteiger charge is 2.23. The predicted molar refractivity (Wildman–Crippen MR) is 86.9 cm³/mol. The van der Waals surface area contributed by atoms with Gasteiger partial charge in [-0.25, -0.2) is 0 Å². The lowest BCUT2D eigenvalue weighted by Gasteiger charge is -2.29. The smallest absolute Gasteiger partial charge is 0.310 e. The van der Waals surface area contributed by atoms with Crippen LogP contribution in [0.4, 0.5) is 0 Å². The van der Waals surface area contributed by atoms with Crippen LogP contribution < -0.4 is 5.32 Å². The van der Waals surface area contributed by atoms with E-state index in [2.05, 4.69) is 17.3 Å². The zero-order valence-electron chi connectivity index (χ0n) is 14.5. The van der Waals surface area contributed by atoms with Crippen LogP contribution in [0, 0.1) is 19.8 Å². The van der Waals surface area contributed by atoms with Crippen molar-refractivity contribution < 1.29 is 14.3 Å². The summed E-state index contributed by atoms with van der Waals surface area (Å²) in [6.45, 7) is 5.73. The molecule has 1 heterocycles. The number of carbonyl (C=O) groups excluding carboxylic acids is 2. The molecule has 0 aliphatic heterocycles. The molecule has 1 aliphatic rings. The van der Waals surface area contributed by atoms with Crippen LogP contribution in [0.1, 0.15) is 49.6 Å². The molecule has 0 unspecified atom stereocenters. The number of hydrogen-bond donors (Lipinski definition) is 1. The molecular formula is C17H27N3O3. The fourth-order valence-corrected chi connectivity index (χ4v) is 3.19. The Hall–Kier alpha value is -1.85. The lowest BCUT2D eigenvalue weighted by atomic mass is 9.86. The van der Waals surface area contributed by atoms with Gasteiger partial charge in [-0.2, -0.15) is 5.10 Å². The number of nitrogens with one attached hydrogen (secondary N) is 1. The van der Waals surface area contributed by atoms with E-state index in [4.69, 9.17) is 4.74 Å². The Balaban J connectivity index is 1.78. The van der Waals surface area contributed by atoms with Crippen LogP contribution in [-0.2, 0) is 27.8 Å². The van der Waals surface area contributed by atoms with Crippen LogP contribution >= 0.6 is 0 Å². The molecule has 1 saturated carbocycles. The molecule has 1 aromatic rings. The molecule has 1 N–H and O–H groups in total. The van der Waals surface area contributed by atoms with Crippen LogP contribution in [0.15, 0.2) is 0 Å². The number of ether oxygens (including phenoxy) is 1. The van der Waals surface area contributed by atoms with Crippen molar-refractivity contribution in [3.05, 3.63) is 17.0 Å². The van der Waals surface area contributed by atoms with E-state index in [1.807, 2.05) is 20.9 Å². The summed E-state index contributed by atoms with van der Waals surface area (Å²) < 4.78 is 6.86. The van der Waals surface area contributed by atoms with E-state index in [0.29, 0.717) is 5.92 Å². The summed E-state index contributed by atoms with van der Waals surface area (Å²) in [5.41, 5.74) is 2.64. The van der Waals surface area contributed by atoms with E-state index < -0.39 is 5.97 Å². The monoisotopic (exact) mass is 321 g/mol. The largest absolute Gasteiger partial charge is 0.455 e. The molecule has 0 saturated heterocycles. The standard InChI is InChI=1S/C17H27N3O3/c1-11-7-5-6-8-15(11)18-16(21)10-23-17(22)9-14-12(2)19-20(4)13(14)3/h11,15H,5-10H2,1-4H3,(H,18,21)/t11-,15-/m0/s1. The molecule has 1 aromatic heterocycles. The molecule has 1 fully saturated rings. The number of aromatic nitrogens is 2. The average Bonchev–Trinajstić information content (AvgIpc) is 2.74. The van der Waals surface area contributed by atoms with E-state index >= 15 is 0 Å². The van der Waals surface area contributed by atoms with Crippen molar-refractivity contribution in [1.29, 1.82) is 0 Å². The summed E-state index contributed by atoms with van der Waals surface area (Å²) in [5, 5.41) is 7.26. The van der Waals surface area contributed by atoms with E-state index in [1.165, 1.54) is 6.42 Å². The Morgan fingerprint density at radius 1 is 1.30 bits per heavy atom. The minimum Gasteiger partial charge on any atom is -0.455 e. The molecule has 6 heteroatoms. The van der Waals surface area contributed by atoms with Crippen molar-refractivity contribution in [2.24, 2.45) is 13.0 Å². The fraction of sp³-hybridized carbons (Fsp3) is 0.706. The van der Waals surface area contributed by atoms with E-state index in [9.17, 15) is 9.59 Å². The van der Waals surface area contributed by atoms with Gasteiger partial charge in [-0.15, -0.1) is 0 Å². The lowest BCUT2D eigenvalue weighted by molar-refractivity contribution is -0.148. The molecule has 23 heavy (non-hydrogen) atoms. The Labute approximate surface area is 137 Å². The molecule has 0 spiro atoms. The first kappa shape index (κ1) is 17.5. The molecule has 1 amide bonds. The Kier molecular flexibility index (Phi) is 5.80. The first-order valence-corrected chi connectivity index (χ1v) is 8.32. The van der Waals surface area contributed by atoms with E-state index in [-0.39, 0.29) is 25.0 Å². The number of rotatable bonds is 5. The first-order chi connectivity index (χ1) is 10.9. The second-order valence-electron chi connectivity index (χ2n) is 6.55. The Morgan fingerprint density at radius 3 is 2.61 bits per heavy atom. The third-order valence-corrected chi connectivity index (χ3v) is 4.80. The Bertz CT molecular complexity index is 580. The maximum Gasteiger partial charge on any atom is 0.310 e. The SMILES string of the molecule is Cc1nn(C)c(C)c1CC(=O)OCC(=O)N[C@H]1CCCC[C@@H]1C. The second kappa shape index (κ2) is 7.62. The van der Waals surface area contributed by atoms with Gasteiger partial charge in [0.15, 0.2) is 6.61 Å². The van der Waals surface area contributed by atoms with Gasteiger partial charge in [0.2, 0.25) is 0 Å². The summed E-state index contributed by atoms with van der Waals surface area (Å²) in [5.74, 6) is -0.114. The van der Waals surface area contributed by atoms with Crippen molar-refractivity contribution in [3.8, 4) is 0 Å².